The summed E-state index contributed by atoms with van der Waals surface area (Å²) in [6.07, 6.45) is 0. The molecule has 11 aromatic rings. The molecule has 4 heteroatoms. The van der Waals surface area contributed by atoms with Gasteiger partial charge in [0.1, 0.15) is 5.52 Å². The number of benzene rings is 9. The number of thiophene rings is 1. The first-order valence-electron chi connectivity index (χ1n) is 19.2. The summed E-state index contributed by atoms with van der Waals surface area (Å²) in [5.74, 6) is 0.651. The molecule has 57 heavy (non-hydrogen) atoms. The van der Waals surface area contributed by atoms with Gasteiger partial charge in [-0.2, -0.15) is 0 Å². The molecule has 0 saturated heterocycles. The number of anilines is 3. The number of oxazole rings is 1. The fourth-order valence-corrected chi connectivity index (χ4v) is 9.17. The first kappa shape index (κ1) is 33.1. The number of hydrogen-bond donors (Lipinski definition) is 0. The van der Waals surface area contributed by atoms with E-state index in [-0.39, 0.29) is 0 Å². The molecule has 0 unspecified atom stereocenters. The molecule has 0 aliphatic carbocycles. The third kappa shape index (κ3) is 6.04. The van der Waals surface area contributed by atoms with Crippen LogP contribution in [-0.2, 0) is 0 Å². The van der Waals surface area contributed by atoms with Crippen molar-refractivity contribution in [2.45, 2.75) is 0 Å². The second-order valence-electron chi connectivity index (χ2n) is 14.4. The predicted molar refractivity (Wildman–Crippen MR) is 241 cm³/mol. The second-order valence-corrected chi connectivity index (χ2v) is 15.5. The van der Waals surface area contributed by atoms with Crippen LogP contribution in [0.2, 0.25) is 0 Å². The molecule has 3 nitrogen and oxygen atoms in total. The van der Waals surface area contributed by atoms with Crippen LogP contribution in [0.25, 0.3) is 86.9 Å². The molecule has 0 fully saturated rings. The van der Waals surface area contributed by atoms with E-state index in [9.17, 15) is 0 Å². The molecule has 0 aliphatic rings. The average molecular weight is 747 g/mol. The van der Waals surface area contributed by atoms with E-state index < -0.39 is 0 Å². The standard InChI is InChI=1S/C53H34N2OS/c1-3-12-38(13-4-1)45-17-9-10-18-49(45)55(43-26-21-36(22-27-43)41-20-19-35-11-7-8-16-40(35)31-41)44-28-23-37(24-29-44)42-25-30-46-47-33-50-48(34-52(47)57-51(46)32-42)54-53(56-50)39-14-5-2-6-15-39/h1-34H. The summed E-state index contributed by atoms with van der Waals surface area (Å²) < 4.78 is 8.68. The molecule has 0 aliphatic heterocycles. The Labute approximate surface area is 334 Å². The zero-order chi connectivity index (χ0) is 37.7. The van der Waals surface area contributed by atoms with Crippen LogP contribution >= 0.6 is 11.3 Å². The number of aromatic nitrogens is 1. The van der Waals surface area contributed by atoms with E-state index in [0.29, 0.717) is 5.89 Å². The van der Waals surface area contributed by atoms with Crippen LogP contribution in [0.15, 0.2) is 211 Å². The van der Waals surface area contributed by atoms with E-state index in [1.54, 1.807) is 11.3 Å². The van der Waals surface area contributed by atoms with Gasteiger partial charge in [-0.05, 0) is 105 Å². The van der Waals surface area contributed by atoms with Crippen LogP contribution < -0.4 is 4.90 Å². The zero-order valence-corrected chi connectivity index (χ0v) is 31.7. The maximum atomic E-state index is 6.23. The Kier molecular flexibility index (Phi) is 8.01. The lowest BCUT2D eigenvalue weighted by atomic mass is 9.99. The molecule has 0 spiro atoms. The van der Waals surface area contributed by atoms with Crippen molar-refractivity contribution >= 4 is 70.4 Å². The monoisotopic (exact) mass is 746 g/mol. The van der Waals surface area contributed by atoms with E-state index in [4.69, 9.17) is 9.40 Å². The first-order valence-corrected chi connectivity index (χ1v) is 20.0. The lowest BCUT2D eigenvalue weighted by molar-refractivity contribution is 0.620. The molecule has 0 atom stereocenters. The Bertz CT molecular complexity index is 3220. The molecule has 0 amide bonds. The van der Waals surface area contributed by atoms with Crippen molar-refractivity contribution in [1.82, 2.24) is 4.98 Å². The quantitative estimate of drug-likeness (QED) is 0.163. The van der Waals surface area contributed by atoms with Crippen LogP contribution in [0.3, 0.4) is 0 Å². The largest absolute Gasteiger partial charge is 0.436 e. The van der Waals surface area contributed by atoms with Gasteiger partial charge < -0.3 is 9.32 Å². The number of rotatable bonds is 7. The highest BCUT2D eigenvalue weighted by Gasteiger charge is 2.18. The van der Waals surface area contributed by atoms with Gasteiger partial charge in [0, 0.05) is 42.7 Å². The van der Waals surface area contributed by atoms with Gasteiger partial charge >= 0.3 is 0 Å². The Morgan fingerprint density at radius 1 is 0.404 bits per heavy atom. The van der Waals surface area contributed by atoms with Crippen molar-refractivity contribution in [3.05, 3.63) is 206 Å². The summed E-state index contributed by atoms with van der Waals surface area (Å²) in [6, 6.07) is 73.7. The van der Waals surface area contributed by atoms with Gasteiger partial charge in [-0.15, -0.1) is 11.3 Å². The molecule has 0 N–H and O–H groups in total. The van der Waals surface area contributed by atoms with E-state index in [1.165, 1.54) is 64.3 Å². The normalized spacial score (nSPS) is 11.5. The fraction of sp³-hybridized carbons (Fsp3) is 0. The van der Waals surface area contributed by atoms with Crippen molar-refractivity contribution in [3.63, 3.8) is 0 Å². The summed E-state index contributed by atoms with van der Waals surface area (Å²) in [5, 5.41) is 4.92. The molecular formula is C53H34N2OS. The molecule has 9 aromatic carbocycles. The smallest absolute Gasteiger partial charge is 0.227 e. The van der Waals surface area contributed by atoms with Crippen molar-refractivity contribution in [3.8, 4) is 44.8 Å². The average Bonchev–Trinajstić information content (AvgIpc) is 3.87. The van der Waals surface area contributed by atoms with E-state index in [2.05, 4.69) is 181 Å². The van der Waals surface area contributed by atoms with Crippen LogP contribution in [0.4, 0.5) is 17.1 Å². The van der Waals surface area contributed by atoms with Crippen LogP contribution in [-0.4, -0.2) is 4.98 Å². The highest BCUT2D eigenvalue weighted by Crippen LogP contribution is 2.43. The SMILES string of the molecule is c1ccc(-c2nc3cc4sc5cc(-c6ccc(N(c7ccc(-c8ccc9ccccc9c8)cc7)c7ccccc7-c7ccccc7)cc6)ccc5c4cc3o2)cc1. The molecular weight excluding hydrogens is 713 g/mol. The Hall–Kier alpha value is -7.27. The van der Waals surface area contributed by atoms with Crippen molar-refractivity contribution in [1.29, 1.82) is 0 Å². The van der Waals surface area contributed by atoms with E-state index in [1.807, 2.05) is 30.3 Å². The Morgan fingerprint density at radius 2 is 0.982 bits per heavy atom. The van der Waals surface area contributed by atoms with E-state index in [0.717, 1.165) is 33.7 Å². The lowest BCUT2D eigenvalue weighted by Crippen LogP contribution is -2.11. The minimum Gasteiger partial charge on any atom is -0.436 e. The summed E-state index contributed by atoms with van der Waals surface area (Å²) in [4.78, 5) is 7.19. The molecule has 0 bridgehead atoms. The van der Waals surface area contributed by atoms with Gasteiger partial charge in [0.05, 0.1) is 5.69 Å². The molecule has 268 valence electrons. The Balaban J connectivity index is 0.957. The van der Waals surface area contributed by atoms with Gasteiger partial charge in [-0.25, -0.2) is 4.98 Å². The van der Waals surface area contributed by atoms with Crippen molar-refractivity contribution < 1.29 is 4.42 Å². The molecule has 2 aromatic heterocycles. The third-order valence-electron chi connectivity index (χ3n) is 10.9. The Morgan fingerprint density at radius 3 is 1.72 bits per heavy atom. The molecule has 11 rings (SSSR count). The lowest BCUT2D eigenvalue weighted by Gasteiger charge is -2.28. The topological polar surface area (TPSA) is 29.3 Å². The van der Waals surface area contributed by atoms with Crippen molar-refractivity contribution in [2.75, 3.05) is 4.90 Å². The van der Waals surface area contributed by atoms with Gasteiger partial charge in [-0.3, -0.25) is 0 Å². The molecule has 0 saturated carbocycles. The van der Waals surface area contributed by atoms with Gasteiger partial charge in [0.2, 0.25) is 5.89 Å². The first-order chi connectivity index (χ1) is 28.2. The van der Waals surface area contributed by atoms with Gasteiger partial charge in [0.15, 0.2) is 5.58 Å². The van der Waals surface area contributed by atoms with Crippen molar-refractivity contribution in [2.24, 2.45) is 0 Å². The highest BCUT2D eigenvalue weighted by molar-refractivity contribution is 7.25. The summed E-state index contributed by atoms with van der Waals surface area (Å²) in [7, 11) is 0. The maximum Gasteiger partial charge on any atom is 0.227 e. The zero-order valence-electron chi connectivity index (χ0n) is 30.8. The summed E-state index contributed by atoms with van der Waals surface area (Å²) >= 11 is 1.80. The van der Waals surface area contributed by atoms with E-state index >= 15 is 0 Å². The minimum absolute atomic E-state index is 0.651. The van der Waals surface area contributed by atoms with Gasteiger partial charge in [0.25, 0.3) is 0 Å². The fourth-order valence-electron chi connectivity index (χ4n) is 8.01. The number of hydrogen-bond acceptors (Lipinski definition) is 4. The predicted octanol–water partition coefficient (Wildman–Crippen LogP) is 15.5. The second kappa shape index (κ2) is 13.8. The highest BCUT2D eigenvalue weighted by atomic mass is 32.1. The van der Waals surface area contributed by atoms with Crippen LogP contribution in [0, 0.1) is 0 Å². The summed E-state index contributed by atoms with van der Waals surface area (Å²) in [6.45, 7) is 0. The maximum absolute atomic E-state index is 6.23. The summed E-state index contributed by atoms with van der Waals surface area (Å²) in [5.41, 5.74) is 13.1. The number of para-hydroxylation sites is 1. The third-order valence-corrected chi connectivity index (χ3v) is 12.0. The van der Waals surface area contributed by atoms with Crippen LogP contribution in [0.1, 0.15) is 0 Å². The van der Waals surface area contributed by atoms with Gasteiger partial charge in [-0.1, -0.05) is 140 Å². The molecule has 2 heterocycles. The molecule has 0 radical (unpaired) electrons. The minimum atomic E-state index is 0.651. The number of fused-ring (bicyclic) bond motifs is 5. The number of nitrogens with zero attached hydrogens (tertiary/aromatic N) is 2. The van der Waals surface area contributed by atoms with Crippen LogP contribution in [0.5, 0.6) is 0 Å².